The van der Waals surface area contributed by atoms with Crippen molar-refractivity contribution < 1.29 is 57.4 Å². The molecule has 0 aromatic heterocycles. The number of ether oxygens (including phenoxy) is 2. The third kappa shape index (κ3) is 35.5. The Morgan fingerprint density at radius 3 is 2.00 bits per heavy atom. The van der Waals surface area contributed by atoms with Crippen LogP contribution in [-0.2, 0) is 32.7 Å². The number of esters is 2. The van der Waals surface area contributed by atoms with Gasteiger partial charge in [0.25, 0.3) is 0 Å². The molecule has 13 heteroatoms. The first-order chi connectivity index (χ1) is 26.2. The Balaban J connectivity index is 4.81. The summed E-state index contributed by atoms with van der Waals surface area (Å²) in [5.74, 6) is -1.15. The number of carbonyl (C=O) groups is 2. The van der Waals surface area contributed by atoms with Crippen molar-refractivity contribution >= 4 is 19.8 Å². The average molecular weight is 799 g/mol. The van der Waals surface area contributed by atoms with Gasteiger partial charge in [0, 0.05) is 12.8 Å². The lowest BCUT2D eigenvalue weighted by Crippen LogP contribution is -2.37. The minimum atomic E-state index is -4.47. The maximum absolute atomic E-state index is 12.7. The average Bonchev–Trinajstić information content (AvgIpc) is 3.12. The van der Waals surface area contributed by atoms with Crippen molar-refractivity contribution in [2.75, 3.05) is 47.5 Å². The summed E-state index contributed by atoms with van der Waals surface area (Å²) in [7, 11) is 1.24. The van der Waals surface area contributed by atoms with Crippen molar-refractivity contribution in [3.63, 3.8) is 0 Å². The number of allylic oxidation sites excluding steroid dienone is 9. The number of rotatable bonds is 34. The summed E-state index contributed by atoms with van der Waals surface area (Å²) in [6.07, 6.45) is 29.1. The molecule has 4 N–H and O–H groups in total. The fourth-order valence-corrected chi connectivity index (χ4v) is 5.49. The third-order valence-corrected chi connectivity index (χ3v) is 9.05. The third-order valence-electron chi connectivity index (χ3n) is 8.06. The summed E-state index contributed by atoms with van der Waals surface area (Å²) in [6.45, 7) is 3.73. The number of unbranched alkanes of at least 4 members (excludes halogenated alkanes) is 7. The van der Waals surface area contributed by atoms with Gasteiger partial charge in [-0.3, -0.25) is 18.6 Å². The Bertz CT molecular complexity index is 1220. The Kier molecular flexibility index (Phi) is 31.8. The standard InChI is InChI=1S/C42H72NO11P/c1-6-8-10-11-12-13-14-15-16-21-25-31-41(47)51-35-38(36-53-55(49,50)52-34-33-43(3,4)5)54-42(48)32-26-30-40(46)39(45)29-24-20-18-17-19-23-28-37(44)27-22-9-7-2/h9,11-12,17-20,22-24,28-29,37-40,44-46H,6-8,10,13-16,21,25-27,30-36H2,1-5H3/p+1/b12-11-,19-17+,20-18-,22-9-,28-23+,29-24-/t37-,38+,39+,40+/m0/s1. The molecular formula is C42H73NO11P+. The number of carbonyl (C=O) groups excluding carboxylic acids is 2. The van der Waals surface area contributed by atoms with Gasteiger partial charge in [0.05, 0.1) is 46.1 Å². The van der Waals surface area contributed by atoms with Crippen LogP contribution in [0.15, 0.2) is 72.9 Å². The van der Waals surface area contributed by atoms with Crippen molar-refractivity contribution in [3.05, 3.63) is 72.9 Å². The van der Waals surface area contributed by atoms with Gasteiger partial charge in [0.15, 0.2) is 6.10 Å². The zero-order valence-electron chi connectivity index (χ0n) is 34.2. The van der Waals surface area contributed by atoms with Crippen LogP contribution in [0.2, 0.25) is 0 Å². The Labute approximate surface area is 331 Å². The lowest BCUT2D eigenvalue weighted by molar-refractivity contribution is -0.870. The van der Waals surface area contributed by atoms with Gasteiger partial charge in [-0.25, -0.2) is 4.57 Å². The Morgan fingerprint density at radius 2 is 1.33 bits per heavy atom. The van der Waals surface area contributed by atoms with E-state index in [4.69, 9.17) is 18.5 Å². The zero-order chi connectivity index (χ0) is 41.2. The monoisotopic (exact) mass is 798 g/mol. The molecule has 0 saturated carbocycles. The van der Waals surface area contributed by atoms with E-state index in [1.54, 1.807) is 42.5 Å². The molecule has 0 aromatic carbocycles. The highest BCUT2D eigenvalue weighted by atomic mass is 31.2. The number of hydrogen-bond acceptors (Lipinski definition) is 10. The molecule has 316 valence electrons. The van der Waals surface area contributed by atoms with Crippen molar-refractivity contribution in [3.8, 4) is 0 Å². The first kappa shape index (κ1) is 52.3. The van der Waals surface area contributed by atoms with Gasteiger partial charge in [0.1, 0.15) is 19.8 Å². The number of aliphatic hydroxyl groups is 3. The maximum Gasteiger partial charge on any atom is 0.472 e. The van der Waals surface area contributed by atoms with Crippen LogP contribution in [0.1, 0.15) is 110 Å². The van der Waals surface area contributed by atoms with Crippen molar-refractivity contribution in [2.45, 2.75) is 135 Å². The van der Waals surface area contributed by atoms with Crippen molar-refractivity contribution in [2.24, 2.45) is 0 Å². The highest BCUT2D eigenvalue weighted by Gasteiger charge is 2.27. The molecule has 0 rings (SSSR count). The molecule has 12 nitrogen and oxygen atoms in total. The number of likely N-dealkylation sites (N-methyl/N-ethyl adjacent to an activating group) is 1. The molecule has 0 aromatic rings. The zero-order valence-corrected chi connectivity index (χ0v) is 35.1. The van der Waals surface area contributed by atoms with E-state index in [0.717, 1.165) is 44.9 Å². The quantitative estimate of drug-likeness (QED) is 0.0126. The molecule has 0 fully saturated rings. The molecule has 55 heavy (non-hydrogen) atoms. The predicted octanol–water partition coefficient (Wildman–Crippen LogP) is 7.59. The van der Waals surface area contributed by atoms with Crippen LogP contribution in [0, 0.1) is 0 Å². The lowest BCUT2D eigenvalue weighted by atomic mass is 10.1. The van der Waals surface area contributed by atoms with Gasteiger partial charge < -0.3 is 34.2 Å². The maximum atomic E-state index is 12.7. The van der Waals surface area contributed by atoms with E-state index in [1.165, 1.54) is 18.9 Å². The largest absolute Gasteiger partial charge is 0.472 e. The highest BCUT2D eigenvalue weighted by molar-refractivity contribution is 7.47. The second-order valence-electron chi connectivity index (χ2n) is 14.5. The van der Waals surface area contributed by atoms with Gasteiger partial charge in [0.2, 0.25) is 0 Å². The second-order valence-corrected chi connectivity index (χ2v) is 16.0. The number of quaternary nitrogens is 1. The van der Waals surface area contributed by atoms with Gasteiger partial charge in [-0.15, -0.1) is 0 Å². The fourth-order valence-electron chi connectivity index (χ4n) is 4.75. The van der Waals surface area contributed by atoms with E-state index in [9.17, 15) is 34.4 Å². The summed E-state index contributed by atoms with van der Waals surface area (Å²) in [6, 6.07) is 0. The minimum absolute atomic E-state index is 0.0376. The molecule has 0 aliphatic carbocycles. The van der Waals surface area contributed by atoms with E-state index < -0.39 is 50.8 Å². The molecule has 0 aliphatic heterocycles. The van der Waals surface area contributed by atoms with Gasteiger partial charge in [-0.1, -0.05) is 119 Å². The number of hydrogen-bond donors (Lipinski definition) is 4. The smallest absolute Gasteiger partial charge is 0.462 e. The summed E-state index contributed by atoms with van der Waals surface area (Å²) in [5.41, 5.74) is 0. The van der Waals surface area contributed by atoms with Crippen LogP contribution < -0.4 is 0 Å². The highest BCUT2D eigenvalue weighted by Crippen LogP contribution is 2.43. The topological polar surface area (TPSA) is 169 Å². The lowest BCUT2D eigenvalue weighted by Gasteiger charge is -2.24. The summed E-state index contributed by atoms with van der Waals surface area (Å²) in [5, 5.41) is 30.5. The van der Waals surface area contributed by atoms with E-state index in [0.29, 0.717) is 23.9 Å². The number of phosphoric acid groups is 1. The fraction of sp³-hybridized carbons (Fsp3) is 0.667. The molecule has 5 atom stereocenters. The predicted molar refractivity (Wildman–Crippen MR) is 219 cm³/mol. The molecule has 0 heterocycles. The first-order valence-electron chi connectivity index (χ1n) is 20.0. The van der Waals surface area contributed by atoms with Gasteiger partial charge >= 0.3 is 19.8 Å². The first-order valence-corrected chi connectivity index (χ1v) is 21.5. The molecule has 0 saturated heterocycles. The van der Waals surface area contributed by atoms with E-state index in [1.807, 2.05) is 40.2 Å². The van der Waals surface area contributed by atoms with Crippen LogP contribution in [-0.4, -0.2) is 109 Å². The molecule has 0 spiro atoms. The number of nitrogens with zero attached hydrogens (tertiary/aromatic N) is 1. The van der Waals surface area contributed by atoms with Crippen LogP contribution in [0.5, 0.6) is 0 Å². The van der Waals surface area contributed by atoms with Gasteiger partial charge in [-0.05, 0) is 51.4 Å². The second kappa shape index (κ2) is 33.5. The van der Waals surface area contributed by atoms with Crippen molar-refractivity contribution in [1.29, 1.82) is 0 Å². The van der Waals surface area contributed by atoms with E-state index in [-0.39, 0.29) is 38.9 Å². The Morgan fingerprint density at radius 1 is 0.709 bits per heavy atom. The summed E-state index contributed by atoms with van der Waals surface area (Å²) < 4.78 is 33.9. The van der Waals surface area contributed by atoms with E-state index in [2.05, 4.69) is 19.1 Å². The van der Waals surface area contributed by atoms with E-state index >= 15 is 0 Å². The van der Waals surface area contributed by atoms with Crippen molar-refractivity contribution in [1.82, 2.24) is 0 Å². The molecule has 0 aliphatic rings. The number of aliphatic hydroxyl groups excluding tert-OH is 3. The van der Waals surface area contributed by atoms with Crippen LogP contribution >= 0.6 is 7.82 Å². The molecule has 0 amide bonds. The minimum Gasteiger partial charge on any atom is -0.462 e. The summed E-state index contributed by atoms with van der Waals surface area (Å²) >= 11 is 0. The van der Waals surface area contributed by atoms with Crippen LogP contribution in [0.3, 0.4) is 0 Å². The molecule has 1 unspecified atom stereocenters. The number of phosphoric ester groups is 1. The van der Waals surface area contributed by atoms with Gasteiger partial charge in [-0.2, -0.15) is 0 Å². The van der Waals surface area contributed by atoms with Crippen LogP contribution in [0.4, 0.5) is 0 Å². The molecular weight excluding hydrogens is 725 g/mol. The molecule has 0 bridgehead atoms. The molecule has 0 radical (unpaired) electrons. The Hall–Kier alpha value is -2.67. The van der Waals surface area contributed by atoms with Crippen LogP contribution in [0.25, 0.3) is 0 Å². The summed E-state index contributed by atoms with van der Waals surface area (Å²) in [4.78, 5) is 35.3. The normalized spacial score (nSPS) is 16.2. The SMILES string of the molecule is CC/C=C\C[C@H](O)/C=C/C=C/C=C\C=C/[C@@H](O)[C@H](O)CCCC(=O)O[C@H](COC(=O)CCCCCCC/C=C\CCCC)COP(=O)(O)OCC[N+](C)(C)C.